The second kappa shape index (κ2) is 6.41. The lowest BCUT2D eigenvalue weighted by molar-refractivity contribution is -0.117. The Morgan fingerprint density at radius 2 is 1.70 bits per heavy atom. The summed E-state index contributed by atoms with van der Waals surface area (Å²) in [5, 5.41) is 2.92. The Bertz CT molecular complexity index is 606. The molecule has 0 radical (unpaired) electrons. The van der Waals surface area contributed by atoms with Crippen LogP contribution in [0.3, 0.4) is 0 Å². The molecule has 0 saturated heterocycles. The highest BCUT2D eigenvalue weighted by Crippen LogP contribution is 2.34. The highest BCUT2D eigenvalue weighted by atomic mass is 79.9. The van der Waals surface area contributed by atoms with Gasteiger partial charge in [-0.25, -0.2) is 0 Å². The molecule has 0 aliphatic carbocycles. The highest BCUT2D eigenvalue weighted by Gasteiger charge is 2.17. The van der Waals surface area contributed by atoms with Crippen LogP contribution in [0.15, 0.2) is 51.4 Å². The Kier molecular flexibility index (Phi) is 4.83. The number of carbonyl (C=O) groups excluding carboxylic acids is 1. The van der Waals surface area contributed by atoms with E-state index < -0.39 is 0 Å². The number of anilines is 2. The lowest BCUT2D eigenvalue weighted by Gasteiger charge is -2.15. The minimum absolute atomic E-state index is 0.0672. The van der Waals surface area contributed by atoms with E-state index in [0.717, 1.165) is 14.5 Å². The van der Waals surface area contributed by atoms with Crippen molar-refractivity contribution >= 4 is 49.1 Å². The molecule has 0 fully saturated rings. The van der Waals surface area contributed by atoms with Crippen LogP contribution in [0.5, 0.6) is 0 Å². The van der Waals surface area contributed by atoms with Gasteiger partial charge in [0.15, 0.2) is 0 Å². The Morgan fingerprint density at radius 3 is 2.25 bits per heavy atom. The zero-order valence-electron chi connectivity index (χ0n) is 10.9. The van der Waals surface area contributed by atoms with E-state index in [1.807, 2.05) is 37.3 Å². The third kappa shape index (κ3) is 3.41. The number of benzene rings is 2. The van der Waals surface area contributed by atoms with Gasteiger partial charge in [-0.1, -0.05) is 30.3 Å². The number of nitrogens with two attached hydrogens (primary N) is 1. The van der Waals surface area contributed by atoms with E-state index in [9.17, 15) is 4.79 Å². The number of nitrogens with one attached hydrogen (secondary N) is 1. The molecule has 0 saturated carbocycles. The summed E-state index contributed by atoms with van der Waals surface area (Å²) in [6.07, 6.45) is 0. The fourth-order valence-corrected chi connectivity index (χ4v) is 3.26. The molecule has 3 nitrogen and oxygen atoms in total. The maximum atomic E-state index is 12.3. The first kappa shape index (κ1) is 15.1. The van der Waals surface area contributed by atoms with Gasteiger partial charge in [0, 0.05) is 14.6 Å². The van der Waals surface area contributed by atoms with Crippen molar-refractivity contribution in [2.24, 2.45) is 0 Å². The molecule has 104 valence electrons. The molecule has 1 unspecified atom stereocenters. The first-order valence-electron chi connectivity index (χ1n) is 6.09. The van der Waals surface area contributed by atoms with Crippen molar-refractivity contribution in [1.82, 2.24) is 0 Å². The molecule has 0 bridgehead atoms. The lowest BCUT2D eigenvalue weighted by atomic mass is 10.0. The number of rotatable bonds is 3. The fourth-order valence-electron chi connectivity index (χ4n) is 1.84. The summed E-state index contributed by atoms with van der Waals surface area (Å²) in [6.45, 7) is 1.88. The molecular formula is C15H14Br2N2O. The van der Waals surface area contributed by atoms with Crippen LogP contribution in [-0.2, 0) is 4.79 Å². The third-order valence-electron chi connectivity index (χ3n) is 3.01. The molecule has 3 N–H and O–H groups in total. The van der Waals surface area contributed by atoms with Crippen LogP contribution in [0.1, 0.15) is 18.4 Å². The topological polar surface area (TPSA) is 55.1 Å². The molecule has 1 amide bonds. The molecule has 2 aromatic rings. The van der Waals surface area contributed by atoms with E-state index in [1.54, 1.807) is 12.1 Å². The normalized spacial score (nSPS) is 11.9. The number of hydrogen-bond acceptors (Lipinski definition) is 2. The Balaban J connectivity index is 2.20. The molecule has 20 heavy (non-hydrogen) atoms. The molecular weight excluding hydrogens is 384 g/mol. The summed E-state index contributed by atoms with van der Waals surface area (Å²) in [4.78, 5) is 12.3. The zero-order valence-corrected chi connectivity index (χ0v) is 14.0. The van der Waals surface area contributed by atoms with Gasteiger partial charge in [0.2, 0.25) is 5.91 Å². The Labute approximate surface area is 134 Å². The first-order valence-corrected chi connectivity index (χ1v) is 7.68. The molecule has 2 aromatic carbocycles. The van der Waals surface area contributed by atoms with Crippen molar-refractivity contribution in [3.05, 3.63) is 57.0 Å². The van der Waals surface area contributed by atoms with Crippen LogP contribution >= 0.6 is 31.9 Å². The van der Waals surface area contributed by atoms with Gasteiger partial charge >= 0.3 is 0 Å². The zero-order chi connectivity index (χ0) is 14.7. The summed E-state index contributed by atoms with van der Waals surface area (Å²) in [7, 11) is 0. The standard InChI is InChI=1S/C15H14Br2N2O/c1-9(10-5-3-2-4-6-10)15(20)19-14-12(16)7-11(18)8-13(14)17/h2-9H,18H2,1H3,(H,19,20). The highest BCUT2D eigenvalue weighted by molar-refractivity contribution is 9.11. The minimum Gasteiger partial charge on any atom is -0.399 e. The van der Waals surface area contributed by atoms with E-state index >= 15 is 0 Å². The van der Waals surface area contributed by atoms with E-state index in [1.165, 1.54) is 0 Å². The maximum Gasteiger partial charge on any atom is 0.231 e. The third-order valence-corrected chi connectivity index (χ3v) is 4.26. The van der Waals surface area contributed by atoms with Crippen molar-refractivity contribution < 1.29 is 4.79 Å². The van der Waals surface area contributed by atoms with Gasteiger partial charge in [-0.2, -0.15) is 0 Å². The summed E-state index contributed by atoms with van der Waals surface area (Å²) >= 11 is 6.81. The van der Waals surface area contributed by atoms with Gasteiger partial charge < -0.3 is 11.1 Å². The van der Waals surface area contributed by atoms with E-state index in [-0.39, 0.29) is 11.8 Å². The quantitative estimate of drug-likeness (QED) is 0.747. The van der Waals surface area contributed by atoms with E-state index in [4.69, 9.17) is 5.73 Å². The number of hydrogen-bond donors (Lipinski definition) is 2. The average molecular weight is 398 g/mol. The molecule has 0 spiro atoms. The molecule has 1 atom stereocenters. The molecule has 2 rings (SSSR count). The second-order valence-electron chi connectivity index (χ2n) is 4.48. The monoisotopic (exact) mass is 396 g/mol. The second-order valence-corrected chi connectivity index (χ2v) is 6.19. The van der Waals surface area contributed by atoms with E-state index in [2.05, 4.69) is 37.2 Å². The minimum atomic E-state index is -0.229. The van der Waals surface area contributed by atoms with Crippen LogP contribution in [0.2, 0.25) is 0 Å². The SMILES string of the molecule is CC(C(=O)Nc1c(Br)cc(N)cc1Br)c1ccccc1. The predicted molar refractivity (Wildman–Crippen MR) is 89.7 cm³/mol. The number of nitrogen functional groups attached to an aromatic ring is 1. The Morgan fingerprint density at radius 1 is 1.15 bits per heavy atom. The number of carbonyl (C=O) groups is 1. The van der Waals surface area contributed by atoms with Crippen LogP contribution in [0.4, 0.5) is 11.4 Å². The van der Waals surface area contributed by atoms with Gasteiger partial charge in [0.1, 0.15) is 0 Å². The van der Waals surface area contributed by atoms with Gasteiger partial charge in [-0.3, -0.25) is 4.79 Å². The fraction of sp³-hybridized carbons (Fsp3) is 0.133. The molecule has 0 aliphatic rings. The van der Waals surface area contributed by atoms with Gasteiger partial charge in [0.05, 0.1) is 11.6 Å². The van der Waals surface area contributed by atoms with Gasteiger partial charge in [-0.15, -0.1) is 0 Å². The number of amides is 1. The summed E-state index contributed by atoms with van der Waals surface area (Å²) in [5.41, 5.74) is 8.03. The van der Waals surface area contributed by atoms with Crippen LogP contribution in [0.25, 0.3) is 0 Å². The predicted octanol–water partition coefficient (Wildman–Crippen LogP) is 4.54. The largest absolute Gasteiger partial charge is 0.399 e. The van der Waals surface area contributed by atoms with E-state index in [0.29, 0.717) is 11.4 Å². The smallest absolute Gasteiger partial charge is 0.231 e. The van der Waals surface area contributed by atoms with Crippen molar-refractivity contribution in [2.45, 2.75) is 12.8 Å². The maximum absolute atomic E-state index is 12.3. The number of halogens is 2. The molecule has 5 heteroatoms. The van der Waals surface area contributed by atoms with Crippen molar-refractivity contribution in [2.75, 3.05) is 11.1 Å². The van der Waals surface area contributed by atoms with Crippen LogP contribution in [-0.4, -0.2) is 5.91 Å². The molecule has 0 aromatic heterocycles. The summed E-state index contributed by atoms with van der Waals surface area (Å²) in [6, 6.07) is 13.2. The molecule has 0 heterocycles. The molecule has 0 aliphatic heterocycles. The summed E-state index contributed by atoms with van der Waals surface area (Å²) < 4.78 is 1.50. The van der Waals surface area contributed by atoms with Crippen LogP contribution < -0.4 is 11.1 Å². The van der Waals surface area contributed by atoms with Gasteiger partial charge in [0.25, 0.3) is 0 Å². The summed E-state index contributed by atoms with van der Waals surface area (Å²) in [5.74, 6) is -0.296. The van der Waals surface area contributed by atoms with Crippen molar-refractivity contribution in [3.8, 4) is 0 Å². The Hall–Kier alpha value is -1.33. The van der Waals surface area contributed by atoms with Crippen molar-refractivity contribution in [3.63, 3.8) is 0 Å². The van der Waals surface area contributed by atoms with Crippen molar-refractivity contribution in [1.29, 1.82) is 0 Å². The lowest BCUT2D eigenvalue weighted by Crippen LogP contribution is -2.19. The average Bonchev–Trinajstić information content (AvgIpc) is 2.42. The van der Waals surface area contributed by atoms with Gasteiger partial charge in [-0.05, 0) is 56.5 Å². The van der Waals surface area contributed by atoms with Crippen LogP contribution in [0, 0.1) is 0 Å². The first-order chi connectivity index (χ1) is 9.49.